The van der Waals surface area contributed by atoms with Crippen molar-refractivity contribution in [3.05, 3.63) is 18.2 Å². The van der Waals surface area contributed by atoms with Crippen LogP contribution < -0.4 is 25.4 Å². The van der Waals surface area contributed by atoms with Gasteiger partial charge in [0.25, 0.3) is 0 Å². The van der Waals surface area contributed by atoms with Gasteiger partial charge < -0.3 is 25.4 Å². The average molecular weight is 339 g/mol. The minimum absolute atomic E-state index is 0.0725. The van der Waals surface area contributed by atoms with Gasteiger partial charge in [-0.3, -0.25) is 4.79 Å². The summed E-state index contributed by atoms with van der Waals surface area (Å²) in [5, 5.41) is 8.30. The highest BCUT2D eigenvalue weighted by Crippen LogP contribution is 2.29. The molecule has 2 atom stereocenters. The number of rotatable bonds is 6. The van der Waals surface area contributed by atoms with Gasteiger partial charge in [0.2, 0.25) is 5.91 Å². The Labute approximate surface area is 139 Å². The molecule has 3 N–H and O–H groups in total. The fraction of sp³-hybridized carbons (Fsp3) is 0.467. The molecule has 23 heavy (non-hydrogen) atoms. The molecule has 0 radical (unpaired) electrons. The summed E-state index contributed by atoms with van der Waals surface area (Å²) in [5.41, 5.74) is 0.556. The summed E-state index contributed by atoms with van der Waals surface area (Å²) in [7, 11) is 3.10. The maximum Gasteiger partial charge on any atom is 0.315 e. The molecule has 1 aromatic carbocycles. The zero-order valence-corrected chi connectivity index (χ0v) is 14.2. The van der Waals surface area contributed by atoms with Crippen molar-refractivity contribution in [1.29, 1.82) is 0 Å². The Morgan fingerprint density at radius 2 is 2.13 bits per heavy atom. The second kappa shape index (κ2) is 7.96. The summed E-state index contributed by atoms with van der Waals surface area (Å²) in [6.45, 7) is 1.94. The molecule has 1 saturated heterocycles. The summed E-state index contributed by atoms with van der Waals surface area (Å²) in [6.07, 6.45) is 0.770. The number of nitrogens with one attached hydrogen (secondary N) is 3. The molecule has 0 spiro atoms. The minimum atomic E-state index is -0.198. The molecular formula is C15H21N3O4S. The SMILES string of the molecule is COc1ccc(OC)c(NC(=O)CSC2CC(C)NC(=O)N2)c1. The molecular weight excluding hydrogens is 318 g/mol. The van der Waals surface area contributed by atoms with Crippen LogP contribution in [0.4, 0.5) is 10.5 Å². The summed E-state index contributed by atoms with van der Waals surface area (Å²) >= 11 is 1.40. The quantitative estimate of drug-likeness (QED) is 0.735. The molecule has 1 aliphatic rings. The number of carbonyl (C=O) groups excluding carboxylic acids is 2. The van der Waals surface area contributed by atoms with Crippen LogP contribution in [0.25, 0.3) is 0 Å². The van der Waals surface area contributed by atoms with Crippen molar-refractivity contribution in [3.63, 3.8) is 0 Å². The number of urea groups is 1. The van der Waals surface area contributed by atoms with E-state index in [9.17, 15) is 9.59 Å². The monoisotopic (exact) mass is 339 g/mol. The van der Waals surface area contributed by atoms with Crippen molar-refractivity contribution in [3.8, 4) is 11.5 Å². The van der Waals surface area contributed by atoms with Crippen molar-refractivity contribution in [2.24, 2.45) is 0 Å². The minimum Gasteiger partial charge on any atom is -0.497 e. The van der Waals surface area contributed by atoms with Gasteiger partial charge in [-0.05, 0) is 25.5 Å². The predicted molar refractivity (Wildman–Crippen MR) is 90.2 cm³/mol. The maximum atomic E-state index is 12.1. The van der Waals surface area contributed by atoms with Crippen LogP contribution in [0.2, 0.25) is 0 Å². The molecule has 7 nitrogen and oxygen atoms in total. The first-order valence-electron chi connectivity index (χ1n) is 7.22. The third-order valence-corrected chi connectivity index (χ3v) is 4.48. The van der Waals surface area contributed by atoms with Crippen molar-refractivity contribution in [2.75, 3.05) is 25.3 Å². The van der Waals surface area contributed by atoms with E-state index in [1.807, 2.05) is 6.92 Å². The number of hydrogen-bond donors (Lipinski definition) is 3. The molecule has 2 rings (SSSR count). The number of ether oxygens (including phenoxy) is 2. The fourth-order valence-corrected chi connectivity index (χ4v) is 3.27. The lowest BCUT2D eigenvalue weighted by Gasteiger charge is -2.28. The molecule has 0 aliphatic carbocycles. The highest BCUT2D eigenvalue weighted by molar-refractivity contribution is 8.00. The van der Waals surface area contributed by atoms with Crippen LogP contribution in [0.5, 0.6) is 11.5 Å². The van der Waals surface area contributed by atoms with Crippen LogP contribution in [-0.2, 0) is 4.79 Å². The van der Waals surface area contributed by atoms with Gasteiger partial charge in [0, 0.05) is 12.1 Å². The van der Waals surface area contributed by atoms with E-state index in [4.69, 9.17) is 9.47 Å². The fourth-order valence-electron chi connectivity index (χ4n) is 2.23. The first-order chi connectivity index (χ1) is 11.0. The van der Waals surface area contributed by atoms with Gasteiger partial charge in [0.05, 0.1) is 31.0 Å². The van der Waals surface area contributed by atoms with E-state index in [1.54, 1.807) is 25.3 Å². The number of hydrogen-bond acceptors (Lipinski definition) is 5. The van der Waals surface area contributed by atoms with Gasteiger partial charge in [-0.15, -0.1) is 11.8 Å². The Balaban J connectivity index is 1.90. The van der Waals surface area contributed by atoms with Gasteiger partial charge in [-0.25, -0.2) is 4.79 Å². The number of thioether (sulfide) groups is 1. The largest absolute Gasteiger partial charge is 0.497 e. The Bertz CT molecular complexity index is 582. The molecule has 8 heteroatoms. The van der Waals surface area contributed by atoms with Crippen molar-refractivity contribution < 1.29 is 19.1 Å². The van der Waals surface area contributed by atoms with Crippen molar-refractivity contribution in [1.82, 2.24) is 10.6 Å². The lowest BCUT2D eigenvalue weighted by atomic mass is 10.2. The lowest BCUT2D eigenvalue weighted by Crippen LogP contribution is -2.52. The van der Waals surface area contributed by atoms with Crippen molar-refractivity contribution >= 4 is 29.4 Å². The highest BCUT2D eigenvalue weighted by Gasteiger charge is 2.23. The normalized spacial score (nSPS) is 20.2. The molecule has 1 aromatic rings. The summed E-state index contributed by atoms with van der Waals surface area (Å²) < 4.78 is 10.4. The number of carbonyl (C=O) groups is 2. The van der Waals surface area contributed by atoms with Gasteiger partial charge in [-0.2, -0.15) is 0 Å². The van der Waals surface area contributed by atoms with Crippen LogP contribution >= 0.6 is 11.8 Å². The predicted octanol–water partition coefficient (Wildman–Crippen LogP) is 1.79. The van der Waals surface area contributed by atoms with E-state index >= 15 is 0 Å². The number of anilines is 1. The Morgan fingerprint density at radius 1 is 1.35 bits per heavy atom. The van der Waals surface area contributed by atoms with Gasteiger partial charge >= 0.3 is 6.03 Å². The molecule has 3 amide bonds. The third kappa shape index (κ3) is 4.95. The third-order valence-electron chi connectivity index (χ3n) is 3.33. The Morgan fingerprint density at radius 3 is 2.78 bits per heavy atom. The van der Waals surface area contributed by atoms with E-state index in [-0.39, 0.29) is 29.1 Å². The number of amides is 3. The molecule has 1 fully saturated rings. The summed E-state index contributed by atoms with van der Waals surface area (Å²) in [4.78, 5) is 23.5. The first-order valence-corrected chi connectivity index (χ1v) is 8.27. The zero-order valence-electron chi connectivity index (χ0n) is 13.3. The van der Waals surface area contributed by atoms with Crippen LogP contribution in [-0.4, -0.2) is 43.3 Å². The Hall–Kier alpha value is -2.09. The molecule has 0 saturated carbocycles. The maximum absolute atomic E-state index is 12.1. The smallest absolute Gasteiger partial charge is 0.315 e. The van der Waals surface area contributed by atoms with E-state index in [0.29, 0.717) is 17.2 Å². The second-order valence-electron chi connectivity index (χ2n) is 5.17. The van der Waals surface area contributed by atoms with Crippen LogP contribution in [0.15, 0.2) is 18.2 Å². The molecule has 1 heterocycles. The van der Waals surface area contributed by atoms with Crippen molar-refractivity contribution in [2.45, 2.75) is 24.8 Å². The van der Waals surface area contributed by atoms with E-state index in [1.165, 1.54) is 18.9 Å². The van der Waals surface area contributed by atoms with E-state index in [0.717, 1.165) is 6.42 Å². The Kier molecular flexibility index (Phi) is 5.97. The van der Waals surface area contributed by atoms with Crippen LogP contribution in [0.1, 0.15) is 13.3 Å². The second-order valence-corrected chi connectivity index (χ2v) is 6.36. The highest BCUT2D eigenvalue weighted by atomic mass is 32.2. The molecule has 126 valence electrons. The molecule has 0 bridgehead atoms. The van der Waals surface area contributed by atoms with E-state index < -0.39 is 0 Å². The summed E-state index contributed by atoms with van der Waals surface area (Å²) in [5.74, 6) is 1.26. The standard InChI is InChI=1S/C15H21N3O4S/c1-9-6-14(18-15(20)16-9)23-8-13(19)17-11-7-10(21-2)4-5-12(11)22-3/h4-5,7,9,14H,6,8H2,1-3H3,(H,17,19)(H2,16,18,20). The number of benzene rings is 1. The topological polar surface area (TPSA) is 88.7 Å². The molecule has 1 aliphatic heterocycles. The number of methoxy groups -OCH3 is 2. The first kappa shape index (κ1) is 17.3. The van der Waals surface area contributed by atoms with Crippen LogP contribution in [0.3, 0.4) is 0 Å². The molecule has 2 unspecified atom stereocenters. The van der Waals surface area contributed by atoms with Gasteiger partial charge in [-0.1, -0.05) is 0 Å². The van der Waals surface area contributed by atoms with E-state index in [2.05, 4.69) is 16.0 Å². The van der Waals surface area contributed by atoms with Crippen LogP contribution in [0, 0.1) is 0 Å². The van der Waals surface area contributed by atoms with Gasteiger partial charge in [0.15, 0.2) is 0 Å². The summed E-state index contributed by atoms with van der Waals surface area (Å²) in [6, 6.07) is 5.10. The average Bonchev–Trinajstić information content (AvgIpc) is 2.52. The lowest BCUT2D eigenvalue weighted by molar-refractivity contribution is -0.113. The zero-order chi connectivity index (χ0) is 16.8. The van der Waals surface area contributed by atoms with Gasteiger partial charge in [0.1, 0.15) is 11.5 Å². The molecule has 0 aromatic heterocycles.